The molecule has 8 nitrogen and oxygen atoms in total. The summed E-state index contributed by atoms with van der Waals surface area (Å²) in [5.41, 5.74) is 3.53. The molecule has 0 fully saturated rings. The van der Waals surface area contributed by atoms with Gasteiger partial charge in [0, 0.05) is 40.2 Å². The number of hydrogen-bond acceptors (Lipinski definition) is 7. The Labute approximate surface area is 209 Å². The maximum Gasteiger partial charge on any atom is 0.263 e. The Morgan fingerprint density at radius 1 is 0.912 bits per heavy atom. The third kappa shape index (κ3) is 5.59. The van der Waals surface area contributed by atoms with Crippen molar-refractivity contribution in [1.82, 2.24) is 15.3 Å². The summed E-state index contributed by atoms with van der Waals surface area (Å²) in [6, 6.07) is 16.2. The molecule has 10 heteroatoms. The van der Waals surface area contributed by atoms with Gasteiger partial charge in [0.2, 0.25) is 5.95 Å². The van der Waals surface area contributed by atoms with Crippen LogP contribution in [0.5, 0.6) is 0 Å². The van der Waals surface area contributed by atoms with Gasteiger partial charge in [-0.15, -0.1) is 11.3 Å². The fraction of sp³-hybridized carbons (Fsp3) is 0.0833. The van der Waals surface area contributed by atoms with Crippen LogP contribution in [0.1, 0.15) is 25.6 Å². The molecule has 0 saturated carbocycles. The summed E-state index contributed by atoms with van der Waals surface area (Å²) in [6.45, 7) is 1.89. The van der Waals surface area contributed by atoms with Gasteiger partial charge in [-0.1, -0.05) is 15.9 Å². The average Bonchev–Trinajstić information content (AvgIpc) is 3.30. The van der Waals surface area contributed by atoms with Gasteiger partial charge >= 0.3 is 0 Å². The number of nitrogens with zero attached hydrogens (tertiary/aromatic N) is 2. The van der Waals surface area contributed by atoms with E-state index in [1.54, 1.807) is 37.5 Å². The molecule has 4 rings (SSSR count). The zero-order chi connectivity index (χ0) is 24.1. The maximum absolute atomic E-state index is 12.4. The highest BCUT2D eigenvalue weighted by Crippen LogP contribution is 2.27. The first-order chi connectivity index (χ1) is 16.4. The molecule has 172 valence electrons. The number of amides is 2. The normalized spacial score (nSPS) is 10.4. The third-order valence-electron chi connectivity index (χ3n) is 4.83. The van der Waals surface area contributed by atoms with Crippen LogP contribution in [-0.2, 0) is 0 Å². The van der Waals surface area contributed by atoms with Gasteiger partial charge in [0.15, 0.2) is 0 Å². The van der Waals surface area contributed by atoms with Crippen molar-refractivity contribution < 1.29 is 9.59 Å². The van der Waals surface area contributed by atoms with Gasteiger partial charge in [-0.2, -0.15) is 4.98 Å². The number of rotatable bonds is 7. The Bertz CT molecular complexity index is 1320. The second-order valence-electron chi connectivity index (χ2n) is 7.26. The summed E-state index contributed by atoms with van der Waals surface area (Å²) < 4.78 is 0.915. The Balaban J connectivity index is 1.44. The van der Waals surface area contributed by atoms with Crippen LogP contribution >= 0.6 is 27.3 Å². The van der Waals surface area contributed by atoms with Crippen LogP contribution in [0.15, 0.2) is 70.6 Å². The molecule has 2 amide bonds. The SMILES string of the molecule is CNC(=O)c1sccc1Nc1nc(Nc2ccc(NC(=O)c3ccc(Br)cc3)cc2)ncc1C. The fourth-order valence-electron chi connectivity index (χ4n) is 3.02. The minimum Gasteiger partial charge on any atom is -0.354 e. The van der Waals surface area contributed by atoms with E-state index in [0.717, 1.165) is 15.7 Å². The molecule has 4 aromatic rings. The molecular weight excluding hydrogens is 516 g/mol. The van der Waals surface area contributed by atoms with Crippen molar-refractivity contribution in [2.45, 2.75) is 6.92 Å². The van der Waals surface area contributed by atoms with Gasteiger partial charge in [0.05, 0.1) is 5.69 Å². The Hall–Kier alpha value is -3.76. The number of benzene rings is 2. The second kappa shape index (κ2) is 10.4. The van der Waals surface area contributed by atoms with Gasteiger partial charge < -0.3 is 21.3 Å². The Morgan fingerprint density at radius 2 is 1.62 bits per heavy atom. The summed E-state index contributed by atoms with van der Waals surface area (Å²) in [5, 5.41) is 13.7. The summed E-state index contributed by atoms with van der Waals surface area (Å²) >= 11 is 4.72. The Morgan fingerprint density at radius 3 is 2.32 bits per heavy atom. The van der Waals surface area contributed by atoms with Gasteiger partial charge in [-0.3, -0.25) is 9.59 Å². The number of thiophene rings is 1. The molecule has 4 N–H and O–H groups in total. The van der Waals surface area contributed by atoms with Gasteiger partial charge in [-0.05, 0) is 66.9 Å². The molecule has 0 aliphatic heterocycles. The molecule has 0 spiro atoms. The van der Waals surface area contributed by atoms with Crippen LogP contribution in [0, 0.1) is 6.92 Å². The van der Waals surface area contributed by atoms with Gasteiger partial charge in [0.25, 0.3) is 11.8 Å². The van der Waals surface area contributed by atoms with E-state index in [-0.39, 0.29) is 11.8 Å². The highest BCUT2D eigenvalue weighted by molar-refractivity contribution is 9.10. The van der Waals surface area contributed by atoms with Crippen LogP contribution in [0.3, 0.4) is 0 Å². The number of carbonyl (C=O) groups excluding carboxylic acids is 2. The molecule has 0 bridgehead atoms. The van der Waals surface area contributed by atoms with Crippen LogP contribution in [-0.4, -0.2) is 28.8 Å². The van der Waals surface area contributed by atoms with Crippen LogP contribution < -0.4 is 21.3 Å². The van der Waals surface area contributed by atoms with Crippen molar-refractivity contribution in [1.29, 1.82) is 0 Å². The third-order valence-corrected chi connectivity index (χ3v) is 6.27. The number of aromatic nitrogens is 2. The van der Waals surface area contributed by atoms with Crippen molar-refractivity contribution in [2.75, 3.05) is 23.0 Å². The van der Waals surface area contributed by atoms with E-state index in [1.807, 2.05) is 42.6 Å². The van der Waals surface area contributed by atoms with Crippen LogP contribution in [0.2, 0.25) is 0 Å². The molecule has 2 heterocycles. The van der Waals surface area contributed by atoms with E-state index in [0.29, 0.717) is 33.6 Å². The van der Waals surface area contributed by atoms with Crippen molar-refractivity contribution >= 4 is 67.9 Å². The number of halogens is 1. The quantitative estimate of drug-likeness (QED) is 0.241. The lowest BCUT2D eigenvalue weighted by atomic mass is 10.2. The van der Waals surface area contributed by atoms with E-state index in [1.165, 1.54) is 11.3 Å². The minimum atomic E-state index is -0.185. The first-order valence-corrected chi connectivity index (χ1v) is 11.9. The highest BCUT2D eigenvalue weighted by atomic mass is 79.9. The van der Waals surface area contributed by atoms with E-state index >= 15 is 0 Å². The topological polar surface area (TPSA) is 108 Å². The molecule has 0 atom stereocenters. The van der Waals surface area contributed by atoms with Gasteiger partial charge in [-0.25, -0.2) is 4.98 Å². The lowest BCUT2D eigenvalue weighted by Crippen LogP contribution is -2.17. The van der Waals surface area contributed by atoms with E-state index < -0.39 is 0 Å². The average molecular weight is 537 g/mol. The molecule has 0 aliphatic carbocycles. The zero-order valence-electron chi connectivity index (χ0n) is 18.3. The van der Waals surface area contributed by atoms with Crippen molar-refractivity contribution in [2.24, 2.45) is 0 Å². The van der Waals surface area contributed by atoms with Crippen LogP contribution in [0.4, 0.5) is 28.8 Å². The number of nitrogens with one attached hydrogen (secondary N) is 4. The van der Waals surface area contributed by atoms with E-state index in [9.17, 15) is 9.59 Å². The van der Waals surface area contributed by atoms with Gasteiger partial charge in [0.1, 0.15) is 10.7 Å². The zero-order valence-corrected chi connectivity index (χ0v) is 20.8. The molecule has 2 aromatic heterocycles. The van der Waals surface area contributed by atoms with Crippen molar-refractivity contribution in [3.8, 4) is 0 Å². The van der Waals surface area contributed by atoms with Crippen LogP contribution in [0.25, 0.3) is 0 Å². The Kier molecular flexibility index (Phi) is 7.19. The molecule has 34 heavy (non-hydrogen) atoms. The minimum absolute atomic E-state index is 0.158. The number of aryl methyl sites for hydroxylation is 1. The lowest BCUT2D eigenvalue weighted by Gasteiger charge is -2.12. The highest BCUT2D eigenvalue weighted by Gasteiger charge is 2.14. The maximum atomic E-state index is 12.4. The second-order valence-corrected chi connectivity index (χ2v) is 9.09. The predicted octanol–water partition coefficient (Wildman–Crippen LogP) is 5.71. The monoisotopic (exact) mass is 536 g/mol. The van der Waals surface area contributed by atoms with E-state index in [4.69, 9.17) is 0 Å². The number of hydrogen-bond donors (Lipinski definition) is 4. The number of anilines is 5. The molecule has 0 unspecified atom stereocenters. The van der Waals surface area contributed by atoms with Crippen molar-refractivity contribution in [3.63, 3.8) is 0 Å². The lowest BCUT2D eigenvalue weighted by molar-refractivity contribution is 0.0966. The van der Waals surface area contributed by atoms with E-state index in [2.05, 4.69) is 47.2 Å². The summed E-state index contributed by atoms with van der Waals surface area (Å²) in [7, 11) is 1.60. The number of carbonyl (C=O) groups is 2. The summed E-state index contributed by atoms with van der Waals surface area (Å²) in [4.78, 5) is 33.9. The largest absolute Gasteiger partial charge is 0.354 e. The molecule has 0 aliphatic rings. The molecule has 0 saturated heterocycles. The smallest absolute Gasteiger partial charge is 0.263 e. The molecular formula is C24H21BrN6O2S. The summed E-state index contributed by atoms with van der Waals surface area (Å²) in [5.74, 6) is 0.654. The first kappa shape index (κ1) is 23.4. The predicted molar refractivity (Wildman–Crippen MR) is 140 cm³/mol. The van der Waals surface area contributed by atoms with Crippen molar-refractivity contribution in [3.05, 3.63) is 86.7 Å². The first-order valence-electron chi connectivity index (χ1n) is 10.3. The standard InChI is InChI=1S/C24H21BrN6O2S/c1-14-13-27-24(31-21(14)30-19-11-12-34-20(19)23(33)26-2)29-18-9-7-17(8-10-18)28-22(32)15-3-5-16(25)6-4-15/h3-13H,1-2H3,(H,26,33)(H,28,32)(H2,27,29,30,31). The fourth-order valence-corrected chi connectivity index (χ4v) is 4.08. The summed E-state index contributed by atoms with van der Waals surface area (Å²) in [6.07, 6.45) is 1.70. The molecule has 2 aromatic carbocycles. The molecule has 0 radical (unpaired) electrons.